The first-order valence-electron chi connectivity index (χ1n) is 4.84. The van der Waals surface area contributed by atoms with Crippen LogP contribution in [0.15, 0.2) is 24.3 Å². The van der Waals surface area contributed by atoms with E-state index in [2.05, 4.69) is 0 Å². The summed E-state index contributed by atoms with van der Waals surface area (Å²) in [5.41, 5.74) is 0.765. The summed E-state index contributed by atoms with van der Waals surface area (Å²) in [7, 11) is 1.49. The number of carbonyl (C=O) groups excluding carboxylic acids is 1. The van der Waals surface area contributed by atoms with Crippen LogP contribution in [0.2, 0.25) is 0 Å². The number of rotatable bonds is 3. The Balaban J connectivity index is 2.28. The topological polar surface area (TPSA) is 29.5 Å². The van der Waals surface area contributed by atoms with Gasteiger partial charge in [0.25, 0.3) is 5.91 Å². The zero-order chi connectivity index (χ0) is 11.7. The minimum absolute atomic E-state index is 0.0655. The minimum Gasteiger partial charge on any atom is -0.369 e. The number of nitrogens with zero attached hydrogens (tertiary/aromatic N) is 1. The highest BCUT2D eigenvalue weighted by Gasteiger charge is 2.48. The molecule has 5 heteroatoms. The Labute approximate surface area is 97.7 Å². The number of methoxy groups -OCH3 is 1. The number of amides is 1. The summed E-state index contributed by atoms with van der Waals surface area (Å²) in [6.07, 6.45) is 1.32. The molecule has 16 heavy (non-hydrogen) atoms. The second kappa shape index (κ2) is 4.43. The SMILES string of the molecule is COC1C(=O)N(SC)C1c1cccc(F)c1. The molecule has 2 unspecified atom stereocenters. The van der Waals surface area contributed by atoms with Gasteiger partial charge in [-0.05, 0) is 17.7 Å². The highest BCUT2D eigenvalue weighted by atomic mass is 32.2. The molecule has 0 bridgehead atoms. The van der Waals surface area contributed by atoms with Gasteiger partial charge in [0.2, 0.25) is 0 Å². The summed E-state index contributed by atoms with van der Waals surface area (Å²) in [6, 6.07) is 6.07. The van der Waals surface area contributed by atoms with Gasteiger partial charge in [0, 0.05) is 13.4 Å². The molecule has 86 valence electrons. The zero-order valence-corrected chi connectivity index (χ0v) is 9.83. The largest absolute Gasteiger partial charge is 0.369 e. The van der Waals surface area contributed by atoms with Crippen molar-refractivity contribution in [1.82, 2.24) is 4.31 Å². The predicted molar refractivity (Wildman–Crippen MR) is 60.3 cm³/mol. The minimum atomic E-state index is -0.491. The Hall–Kier alpha value is -1.07. The number of benzene rings is 1. The maximum atomic E-state index is 13.1. The molecule has 1 aliphatic rings. The molecule has 1 amide bonds. The third-order valence-corrected chi connectivity index (χ3v) is 3.44. The van der Waals surface area contributed by atoms with Crippen molar-refractivity contribution in [2.75, 3.05) is 13.4 Å². The van der Waals surface area contributed by atoms with Gasteiger partial charge >= 0.3 is 0 Å². The van der Waals surface area contributed by atoms with Crippen molar-refractivity contribution < 1.29 is 13.9 Å². The van der Waals surface area contributed by atoms with Gasteiger partial charge in [0.05, 0.1) is 0 Å². The van der Waals surface area contributed by atoms with Gasteiger partial charge in [-0.25, -0.2) is 4.39 Å². The van der Waals surface area contributed by atoms with Crippen LogP contribution in [0.25, 0.3) is 0 Å². The first-order chi connectivity index (χ1) is 7.69. The van der Waals surface area contributed by atoms with Gasteiger partial charge in [-0.2, -0.15) is 0 Å². The number of halogens is 1. The van der Waals surface area contributed by atoms with E-state index >= 15 is 0 Å². The molecule has 1 aliphatic heterocycles. The van der Waals surface area contributed by atoms with E-state index in [0.717, 1.165) is 5.56 Å². The van der Waals surface area contributed by atoms with Crippen LogP contribution in [0.5, 0.6) is 0 Å². The van der Waals surface area contributed by atoms with Crippen LogP contribution in [0.3, 0.4) is 0 Å². The Morgan fingerprint density at radius 1 is 1.50 bits per heavy atom. The molecule has 0 radical (unpaired) electrons. The van der Waals surface area contributed by atoms with E-state index in [9.17, 15) is 9.18 Å². The van der Waals surface area contributed by atoms with Crippen molar-refractivity contribution in [3.8, 4) is 0 Å². The Morgan fingerprint density at radius 3 is 2.81 bits per heavy atom. The first-order valence-corrected chi connectivity index (χ1v) is 6.02. The molecule has 2 rings (SSSR count). The number of hydrogen-bond acceptors (Lipinski definition) is 3. The van der Waals surface area contributed by atoms with Crippen molar-refractivity contribution in [2.45, 2.75) is 12.1 Å². The van der Waals surface area contributed by atoms with Gasteiger partial charge in [0.15, 0.2) is 6.10 Å². The summed E-state index contributed by atoms with van der Waals surface area (Å²) < 4.78 is 19.8. The summed E-state index contributed by atoms with van der Waals surface area (Å²) in [6.45, 7) is 0. The van der Waals surface area contributed by atoms with Crippen LogP contribution < -0.4 is 0 Å². The lowest BCUT2D eigenvalue weighted by Crippen LogP contribution is -2.56. The molecular formula is C11H12FNO2S. The van der Waals surface area contributed by atoms with Gasteiger partial charge in [0.1, 0.15) is 11.9 Å². The molecule has 0 saturated carbocycles. The molecule has 1 aromatic carbocycles. The summed E-state index contributed by atoms with van der Waals surface area (Å²) in [5.74, 6) is -0.364. The van der Waals surface area contributed by atoms with E-state index < -0.39 is 6.10 Å². The Morgan fingerprint density at radius 2 is 2.25 bits per heavy atom. The summed E-state index contributed by atoms with van der Waals surface area (Å²) >= 11 is 1.33. The van der Waals surface area contributed by atoms with Gasteiger partial charge in [-0.1, -0.05) is 24.1 Å². The second-order valence-electron chi connectivity index (χ2n) is 3.50. The third kappa shape index (κ3) is 1.70. The van der Waals surface area contributed by atoms with Crippen LogP contribution in [-0.4, -0.2) is 29.7 Å². The number of hydrogen-bond donors (Lipinski definition) is 0. The fourth-order valence-electron chi connectivity index (χ4n) is 1.87. The maximum absolute atomic E-state index is 13.1. The molecule has 2 atom stereocenters. The zero-order valence-electron chi connectivity index (χ0n) is 9.01. The van der Waals surface area contributed by atoms with E-state index in [0.29, 0.717) is 0 Å². The fraction of sp³-hybridized carbons (Fsp3) is 0.364. The van der Waals surface area contributed by atoms with Crippen LogP contribution in [0.4, 0.5) is 4.39 Å². The average Bonchev–Trinajstić information content (AvgIpc) is 2.27. The lowest BCUT2D eigenvalue weighted by Gasteiger charge is -2.44. The van der Waals surface area contributed by atoms with Crippen molar-refractivity contribution in [3.63, 3.8) is 0 Å². The average molecular weight is 241 g/mol. The second-order valence-corrected chi connectivity index (χ2v) is 4.26. The number of ether oxygens (including phenoxy) is 1. The Bertz CT molecular complexity index is 399. The van der Waals surface area contributed by atoms with Gasteiger partial charge in [-0.3, -0.25) is 9.10 Å². The predicted octanol–water partition coefficient (Wildman–Crippen LogP) is 2.00. The fourth-order valence-corrected chi connectivity index (χ4v) is 2.62. The molecule has 0 N–H and O–H groups in total. The molecule has 0 spiro atoms. The molecule has 1 fully saturated rings. The van der Waals surface area contributed by atoms with Crippen molar-refractivity contribution in [2.24, 2.45) is 0 Å². The van der Waals surface area contributed by atoms with E-state index in [1.54, 1.807) is 16.4 Å². The van der Waals surface area contributed by atoms with E-state index in [1.165, 1.54) is 31.2 Å². The summed E-state index contributed by atoms with van der Waals surface area (Å²) in [5, 5.41) is 0. The number of carbonyl (C=O) groups is 1. The normalized spacial score (nSPS) is 24.4. The molecule has 0 aliphatic carbocycles. The molecule has 0 aromatic heterocycles. The van der Waals surface area contributed by atoms with E-state index in [1.807, 2.05) is 6.26 Å². The van der Waals surface area contributed by atoms with Gasteiger partial charge in [-0.15, -0.1) is 0 Å². The molecule has 3 nitrogen and oxygen atoms in total. The molecule has 1 heterocycles. The highest BCUT2D eigenvalue weighted by Crippen LogP contribution is 2.40. The summed E-state index contributed by atoms with van der Waals surface area (Å²) in [4.78, 5) is 11.6. The molecular weight excluding hydrogens is 229 g/mol. The first kappa shape index (κ1) is 11.4. The van der Waals surface area contributed by atoms with Crippen LogP contribution in [0, 0.1) is 5.82 Å². The standard InChI is InChI=1S/C11H12FNO2S/c1-15-10-9(13(16-2)11(10)14)7-4-3-5-8(12)6-7/h3-6,9-10H,1-2H3. The van der Waals surface area contributed by atoms with Crippen LogP contribution in [0.1, 0.15) is 11.6 Å². The van der Waals surface area contributed by atoms with E-state index in [4.69, 9.17) is 4.74 Å². The van der Waals surface area contributed by atoms with Gasteiger partial charge < -0.3 is 4.74 Å². The smallest absolute Gasteiger partial charge is 0.264 e. The van der Waals surface area contributed by atoms with E-state index in [-0.39, 0.29) is 17.8 Å². The van der Waals surface area contributed by atoms with Crippen LogP contribution >= 0.6 is 11.9 Å². The van der Waals surface area contributed by atoms with Crippen molar-refractivity contribution >= 4 is 17.9 Å². The van der Waals surface area contributed by atoms with Crippen LogP contribution in [-0.2, 0) is 9.53 Å². The lowest BCUT2D eigenvalue weighted by atomic mass is 9.94. The lowest BCUT2D eigenvalue weighted by molar-refractivity contribution is -0.158. The highest BCUT2D eigenvalue weighted by molar-refractivity contribution is 7.96. The maximum Gasteiger partial charge on any atom is 0.264 e. The Kier molecular flexibility index (Phi) is 3.16. The quantitative estimate of drug-likeness (QED) is 0.599. The molecule has 1 saturated heterocycles. The monoisotopic (exact) mass is 241 g/mol. The van der Waals surface area contributed by atoms with Crippen molar-refractivity contribution in [1.29, 1.82) is 0 Å². The number of β-lactam (4-membered cyclic amide) rings is 1. The van der Waals surface area contributed by atoms with Crippen molar-refractivity contribution in [3.05, 3.63) is 35.6 Å². The molecule has 1 aromatic rings. The third-order valence-electron chi connectivity index (χ3n) is 2.64.